The first-order valence-corrected chi connectivity index (χ1v) is 9.41. The molecule has 0 saturated carbocycles. The number of carbonyl (C=O) groups excluding carboxylic acids is 2. The van der Waals surface area contributed by atoms with E-state index in [9.17, 15) is 22.8 Å². The van der Waals surface area contributed by atoms with Crippen LogP contribution in [0.25, 0.3) is 11.4 Å². The number of rotatable bonds is 7. The fourth-order valence-corrected chi connectivity index (χ4v) is 3.50. The molecule has 1 aromatic heterocycles. The maximum Gasteiger partial charge on any atom is 0.345 e. The zero-order valence-electron chi connectivity index (χ0n) is 16.1. The van der Waals surface area contributed by atoms with E-state index in [4.69, 9.17) is 15.2 Å². The van der Waals surface area contributed by atoms with Gasteiger partial charge in [0.15, 0.2) is 6.04 Å². The third-order valence-electron chi connectivity index (χ3n) is 5.02. The quantitative estimate of drug-likeness (QED) is 0.495. The molecule has 0 saturated heterocycles. The highest BCUT2D eigenvalue weighted by molar-refractivity contribution is 6.21. The summed E-state index contributed by atoms with van der Waals surface area (Å²) in [7, 11) is 0. The fraction of sp³-hybridized carbons (Fsp3) is 0.368. The smallest absolute Gasteiger partial charge is 0.345 e. The molecule has 3 N–H and O–H groups in total. The summed E-state index contributed by atoms with van der Waals surface area (Å²) in [6, 6.07) is 2.32. The molecule has 0 aliphatic carbocycles. The molecule has 3 heterocycles. The summed E-state index contributed by atoms with van der Waals surface area (Å²) >= 11 is 0. The largest absolute Gasteiger partial charge is 0.491 e. The molecule has 2 atom stereocenters. The number of benzene rings is 1. The van der Waals surface area contributed by atoms with Crippen LogP contribution in [0.4, 0.5) is 24.7 Å². The number of anilines is 1. The molecule has 1 aromatic carbocycles. The standard InChI is InChI=1S/C19H18F3N5O4/c20-6-12(18(23)29)24-10-1-2-11-14(5-10)30-4-3-26-7-15(25-19(11)26)27-13(17(21)22)9-31-16(27)8-28/h1-2,5,7-8,12-13,17H,3-4,6,9H2,(H2-,23,24,25,29)/p+1/t12-,13-/m0/s1. The number of carbonyl (C=O) groups is 2. The SMILES string of the molecule is NC(=O)[C@H](CF)Nc1ccc2c(c1)OCCn1cc([N+]3=C(C=O)OC[C@H]3C(F)F)nc1-2. The zero-order valence-corrected chi connectivity index (χ0v) is 16.1. The second kappa shape index (κ2) is 8.28. The molecule has 1 amide bonds. The Morgan fingerprint density at radius 2 is 2.23 bits per heavy atom. The van der Waals surface area contributed by atoms with Crippen molar-refractivity contribution < 1.29 is 36.8 Å². The van der Waals surface area contributed by atoms with Gasteiger partial charge in [0.25, 0.3) is 12.2 Å². The number of alkyl halides is 3. The summed E-state index contributed by atoms with van der Waals surface area (Å²) < 4.78 is 53.5. The second-order valence-corrected chi connectivity index (χ2v) is 6.97. The van der Waals surface area contributed by atoms with Crippen LogP contribution in [0.5, 0.6) is 5.75 Å². The summed E-state index contributed by atoms with van der Waals surface area (Å²) in [5.74, 6) is -0.0523. The van der Waals surface area contributed by atoms with Crippen LogP contribution >= 0.6 is 0 Å². The summed E-state index contributed by atoms with van der Waals surface area (Å²) in [6.07, 6.45) is -0.807. The van der Waals surface area contributed by atoms with Crippen molar-refractivity contribution in [3.8, 4) is 17.1 Å². The van der Waals surface area contributed by atoms with Gasteiger partial charge in [0.05, 0.1) is 12.1 Å². The minimum atomic E-state index is -2.74. The van der Waals surface area contributed by atoms with Crippen molar-refractivity contribution in [2.24, 2.45) is 5.73 Å². The highest BCUT2D eigenvalue weighted by Crippen LogP contribution is 2.36. The van der Waals surface area contributed by atoms with Crippen LogP contribution < -0.4 is 15.8 Å². The third-order valence-corrected chi connectivity index (χ3v) is 5.02. The Morgan fingerprint density at radius 1 is 1.42 bits per heavy atom. The highest BCUT2D eigenvalue weighted by atomic mass is 19.3. The van der Waals surface area contributed by atoms with E-state index in [0.29, 0.717) is 35.7 Å². The summed E-state index contributed by atoms with van der Waals surface area (Å²) in [5, 5.41) is 2.70. The van der Waals surface area contributed by atoms with E-state index in [0.717, 1.165) is 4.58 Å². The molecule has 2 aromatic rings. The molecule has 0 bridgehead atoms. The van der Waals surface area contributed by atoms with Crippen molar-refractivity contribution in [3.05, 3.63) is 24.4 Å². The van der Waals surface area contributed by atoms with Crippen LogP contribution in [0.15, 0.2) is 24.4 Å². The number of nitrogens with zero attached hydrogens (tertiary/aromatic N) is 3. The molecule has 0 spiro atoms. The Labute approximate surface area is 174 Å². The van der Waals surface area contributed by atoms with Gasteiger partial charge in [-0.25, -0.2) is 13.2 Å². The lowest BCUT2D eigenvalue weighted by Crippen LogP contribution is -2.37. The van der Waals surface area contributed by atoms with E-state index < -0.39 is 31.1 Å². The van der Waals surface area contributed by atoms with Gasteiger partial charge in [0, 0.05) is 11.8 Å². The van der Waals surface area contributed by atoms with Gasteiger partial charge in [-0.05, 0) is 17.1 Å². The van der Waals surface area contributed by atoms with Crippen LogP contribution in [-0.2, 0) is 20.9 Å². The molecule has 164 valence electrons. The predicted molar refractivity (Wildman–Crippen MR) is 102 cm³/mol. The van der Waals surface area contributed by atoms with Gasteiger partial charge in [-0.3, -0.25) is 9.59 Å². The number of fused-ring (bicyclic) bond motifs is 3. The van der Waals surface area contributed by atoms with Crippen molar-refractivity contribution in [2.75, 3.05) is 25.2 Å². The van der Waals surface area contributed by atoms with Crippen LogP contribution in [0.1, 0.15) is 0 Å². The number of aldehydes is 1. The maximum absolute atomic E-state index is 13.4. The highest BCUT2D eigenvalue weighted by Gasteiger charge is 2.42. The molecule has 12 heteroatoms. The number of primary amides is 1. The Bertz CT molecular complexity index is 1060. The topological polar surface area (TPSA) is 111 Å². The molecular weight excluding hydrogens is 419 g/mol. The molecule has 4 rings (SSSR count). The van der Waals surface area contributed by atoms with Crippen LogP contribution in [0, 0.1) is 0 Å². The molecule has 0 unspecified atom stereocenters. The number of halogens is 3. The monoisotopic (exact) mass is 438 g/mol. The van der Waals surface area contributed by atoms with E-state index in [2.05, 4.69) is 10.3 Å². The minimum Gasteiger partial charge on any atom is -0.491 e. The number of aromatic nitrogens is 2. The van der Waals surface area contributed by atoms with Gasteiger partial charge in [0.1, 0.15) is 37.9 Å². The summed E-state index contributed by atoms with van der Waals surface area (Å²) in [4.78, 5) is 27.0. The molecule has 2 aliphatic rings. The first-order valence-electron chi connectivity index (χ1n) is 9.41. The van der Waals surface area contributed by atoms with Crippen LogP contribution in [0.3, 0.4) is 0 Å². The fourth-order valence-electron chi connectivity index (χ4n) is 3.50. The zero-order chi connectivity index (χ0) is 22.1. The summed E-state index contributed by atoms with van der Waals surface area (Å²) in [5.41, 5.74) is 6.14. The van der Waals surface area contributed by atoms with Gasteiger partial charge in [0.2, 0.25) is 12.2 Å². The second-order valence-electron chi connectivity index (χ2n) is 6.97. The van der Waals surface area contributed by atoms with Gasteiger partial charge in [-0.15, -0.1) is 0 Å². The van der Waals surface area contributed by atoms with Gasteiger partial charge in [-0.2, -0.15) is 4.58 Å². The first kappa shape index (κ1) is 20.7. The average Bonchev–Trinajstić information content (AvgIpc) is 3.32. The molecule has 0 fully saturated rings. The van der Waals surface area contributed by atoms with Gasteiger partial charge in [-0.1, -0.05) is 0 Å². The molecule has 0 radical (unpaired) electrons. The van der Waals surface area contributed by atoms with E-state index in [1.807, 2.05) is 0 Å². The van der Waals surface area contributed by atoms with E-state index >= 15 is 0 Å². The van der Waals surface area contributed by atoms with Gasteiger partial charge < -0.3 is 25.1 Å². The molecule has 2 aliphatic heterocycles. The Kier molecular flexibility index (Phi) is 5.53. The number of hydrogen-bond acceptors (Lipinski definition) is 6. The van der Waals surface area contributed by atoms with E-state index in [1.165, 1.54) is 0 Å². The number of ether oxygens (including phenoxy) is 2. The van der Waals surface area contributed by atoms with E-state index in [1.54, 1.807) is 29.0 Å². The Morgan fingerprint density at radius 3 is 2.90 bits per heavy atom. The number of nitrogens with two attached hydrogens (primary N) is 1. The van der Waals surface area contributed by atoms with Crippen molar-refractivity contribution in [2.45, 2.75) is 25.1 Å². The third kappa shape index (κ3) is 3.80. The Hall–Kier alpha value is -3.57. The lowest BCUT2D eigenvalue weighted by molar-refractivity contribution is -0.492. The van der Waals surface area contributed by atoms with Crippen molar-refractivity contribution in [1.29, 1.82) is 0 Å². The minimum absolute atomic E-state index is 0.154. The summed E-state index contributed by atoms with van der Waals surface area (Å²) in [6.45, 7) is -0.669. The molecule has 9 nitrogen and oxygen atoms in total. The van der Waals surface area contributed by atoms with Gasteiger partial charge >= 0.3 is 11.7 Å². The van der Waals surface area contributed by atoms with Crippen molar-refractivity contribution in [1.82, 2.24) is 9.55 Å². The van der Waals surface area contributed by atoms with Crippen molar-refractivity contribution >= 4 is 29.6 Å². The first-order chi connectivity index (χ1) is 14.9. The number of nitrogens with one attached hydrogen (secondary N) is 1. The van der Waals surface area contributed by atoms with E-state index in [-0.39, 0.29) is 24.9 Å². The predicted octanol–water partition coefficient (Wildman–Crippen LogP) is 1.08. The number of hydrogen-bond donors (Lipinski definition) is 2. The lowest BCUT2D eigenvalue weighted by atomic mass is 10.1. The molecular formula is C19H19F3N5O4+. The normalized spacial score (nSPS) is 18.5. The lowest BCUT2D eigenvalue weighted by Gasteiger charge is -2.14. The van der Waals surface area contributed by atoms with Crippen molar-refractivity contribution in [3.63, 3.8) is 0 Å². The molecule has 31 heavy (non-hydrogen) atoms. The number of amides is 1. The van der Waals surface area contributed by atoms with Crippen LogP contribution in [0.2, 0.25) is 0 Å². The number of imidazole rings is 1. The Balaban J connectivity index is 1.72. The maximum atomic E-state index is 13.4. The van der Waals surface area contributed by atoms with Crippen LogP contribution in [-0.4, -0.2) is 70.6 Å². The average molecular weight is 438 g/mol.